The van der Waals surface area contributed by atoms with E-state index >= 15 is 0 Å². The van der Waals surface area contributed by atoms with E-state index in [0.29, 0.717) is 11.3 Å². The zero-order valence-corrected chi connectivity index (χ0v) is 12.1. The van der Waals surface area contributed by atoms with Crippen LogP contribution in [-0.4, -0.2) is 18.1 Å². The highest BCUT2D eigenvalue weighted by molar-refractivity contribution is 7.16. The summed E-state index contributed by atoms with van der Waals surface area (Å²) in [6, 6.07) is 11.1. The Morgan fingerprint density at radius 3 is 2.81 bits per heavy atom. The van der Waals surface area contributed by atoms with Crippen LogP contribution in [0.5, 0.6) is 0 Å². The van der Waals surface area contributed by atoms with Gasteiger partial charge in [0.15, 0.2) is 0 Å². The van der Waals surface area contributed by atoms with Gasteiger partial charge in [0.2, 0.25) is 0 Å². The number of carbonyl (C=O) groups excluding carboxylic acids is 1. The first-order chi connectivity index (χ1) is 10.2. The largest absolute Gasteiger partial charge is 0.465 e. The molecule has 3 aromatic rings. The predicted octanol–water partition coefficient (Wildman–Crippen LogP) is 3.41. The Hall–Kier alpha value is -2.60. The van der Waals surface area contributed by atoms with Crippen LogP contribution in [0.15, 0.2) is 41.9 Å². The average Bonchev–Trinajstić information content (AvgIpc) is 2.96. The Labute approximate surface area is 125 Å². The lowest BCUT2D eigenvalue weighted by Crippen LogP contribution is -2.06. The van der Waals surface area contributed by atoms with Crippen LogP contribution in [0, 0.1) is 0 Å². The maximum Gasteiger partial charge on any atom is 0.340 e. The number of thiazole rings is 1. The van der Waals surface area contributed by atoms with E-state index in [-0.39, 0.29) is 0 Å². The number of aromatic nitrogens is 1. The first-order valence-electron chi connectivity index (χ1n) is 6.25. The highest BCUT2D eigenvalue weighted by Crippen LogP contribution is 2.26. The van der Waals surface area contributed by atoms with Crippen LogP contribution in [0.1, 0.15) is 10.4 Å². The van der Waals surface area contributed by atoms with E-state index in [4.69, 9.17) is 10.5 Å². The van der Waals surface area contributed by atoms with E-state index in [2.05, 4.69) is 10.3 Å². The number of hydrogen-bond acceptors (Lipinski definition) is 6. The number of nitrogens with two attached hydrogens (primary N) is 1. The lowest BCUT2D eigenvalue weighted by atomic mass is 10.1. The van der Waals surface area contributed by atoms with Gasteiger partial charge in [0.1, 0.15) is 0 Å². The molecule has 5 nitrogen and oxygen atoms in total. The summed E-state index contributed by atoms with van der Waals surface area (Å²) in [7, 11) is 1.33. The third-order valence-electron chi connectivity index (χ3n) is 3.08. The number of esters is 1. The Morgan fingerprint density at radius 1 is 1.24 bits per heavy atom. The quantitative estimate of drug-likeness (QED) is 0.572. The Balaban J connectivity index is 1.91. The van der Waals surface area contributed by atoms with Gasteiger partial charge in [-0.25, -0.2) is 9.78 Å². The molecule has 0 bridgehead atoms. The van der Waals surface area contributed by atoms with Crippen LogP contribution in [0.3, 0.4) is 0 Å². The van der Waals surface area contributed by atoms with Gasteiger partial charge in [0, 0.05) is 17.1 Å². The Morgan fingerprint density at radius 2 is 2.00 bits per heavy atom. The molecule has 106 valence electrons. The SMILES string of the molecule is COC(=O)c1cc(Nc2ccc3ncsc3c2)ccc1N. The van der Waals surface area contributed by atoms with Crippen molar-refractivity contribution in [2.24, 2.45) is 0 Å². The molecule has 0 saturated carbocycles. The van der Waals surface area contributed by atoms with Gasteiger partial charge in [-0.05, 0) is 36.4 Å². The van der Waals surface area contributed by atoms with E-state index in [1.807, 2.05) is 29.8 Å². The molecule has 0 amide bonds. The van der Waals surface area contributed by atoms with Crippen molar-refractivity contribution in [2.45, 2.75) is 0 Å². The maximum atomic E-state index is 11.6. The van der Waals surface area contributed by atoms with Gasteiger partial charge < -0.3 is 15.8 Å². The molecule has 0 saturated heterocycles. The molecule has 0 aliphatic heterocycles. The maximum absolute atomic E-state index is 11.6. The van der Waals surface area contributed by atoms with Crippen molar-refractivity contribution < 1.29 is 9.53 Å². The standard InChI is InChI=1S/C15H13N3O2S/c1-20-15(19)11-6-9(2-4-12(11)16)18-10-3-5-13-14(7-10)21-8-17-13/h2-8,18H,16H2,1H3. The minimum Gasteiger partial charge on any atom is -0.465 e. The monoisotopic (exact) mass is 299 g/mol. The van der Waals surface area contributed by atoms with E-state index < -0.39 is 5.97 Å². The molecule has 21 heavy (non-hydrogen) atoms. The number of fused-ring (bicyclic) bond motifs is 1. The minimum atomic E-state index is -0.450. The van der Waals surface area contributed by atoms with Crippen LogP contribution in [0.2, 0.25) is 0 Å². The van der Waals surface area contributed by atoms with Crippen molar-refractivity contribution in [3.8, 4) is 0 Å². The van der Waals surface area contributed by atoms with Crippen molar-refractivity contribution in [1.29, 1.82) is 0 Å². The summed E-state index contributed by atoms with van der Waals surface area (Å²) in [6.07, 6.45) is 0. The number of carbonyl (C=O) groups is 1. The van der Waals surface area contributed by atoms with Crippen molar-refractivity contribution in [3.63, 3.8) is 0 Å². The summed E-state index contributed by atoms with van der Waals surface area (Å²) in [6.45, 7) is 0. The molecule has 0 aliphatic carbocycles. The predicted molar refractivity (Wildman–Crippen MR) is 85.1 cm³/mol. The molecule has 1 heterocycles. The number of methoxy groups -OCH3 is 1. The zero-order chi connectivity index (χ0) is 14.8. The summed E-state index contributed by atoms with van der Waals surface area (Å²) >= 11 is 1.58. The summed E-state index contributed by atoms with van der Waals surface area (Å²) in [5.41, 5.74) is 11.0. The number of ether oxygens (including phenoxy) is 1. The summed E-state index contributed by atoms with van der Waals surface area (Å²) in [5.74, 6) is -0.450. The van der Waals surface area contributed by atoms with Gasteiger partial charge in [0.25, 0.3) is 0 Å². The van der Waals surface area contributed by atoms with Crippen molar-refractivity contribution in [1.82, 2.24) is 4.98 Å². The summed E-state index contributed by atoms with van der Waals surface area (Å²) in [4.78, 5) is 15.9. The topological polar surface area (TPSA) is 77.2 Å². The van der Waals surface area contributed by atoms with Crippen molar-refractivity contribution in [2.75, 3.05) is 18.2 Å². The second kappa shape index (κ2) is 5.41. The van der Waals surface area contributed by atoms with Crippen LogP contribution < -0.4 is 11.1 Å². The Bertz CT molecular complexity index is 814. The normalized spacial score (nSPS) is 10.5. The summed E-state index contributed by atoms with van der Waals surface area (Å²) in [5, 5.41) is 3.25. The third-order valence-corrected chi connectivity index (χ3v) is 3.87. The smallest absolute Gasteiger partial charge is 0.340 e. The molecule has 1 aromatic heterocycles. The zero-order valence-electron chi connectivity index (χ0n) is 11.3. The number of anilines is 3. The number of hydrogen-bond donors (Lipinski definition) is 2. The highest BCUT2D eigenvalue weighted by atomic mass is 32.1. The van der Waals surface area contributed by atoms with Crippen LogP contribution in [0.25, 0.3) is 10.2 Å². The molecule has 3 N–H and O–H groups in total. The fraction of sp³-hybridized carbons (Fsp3) is 0.0667. The molecule has 0 radical (unpaired) electrons. The van der Waals surface area contributed by atoms with Crippen LogP contribution in [0.4, 0.5) is 17.1 Å². The van der Waals surface area contributed by atoms with Gasteiger partial charge in [-0.15, -0.1) is 11.3 Å². The minimum absolute atomic E-state index is 0.348. The molecule has 0 aliphatic rings. The third kappa shape index (κ3) is 2.66. The number of nitrogens with one attached hydrogen (secondary N) is 1. The van der Waals surface area contributed by atoms with Gasteiger partial charge in [-0.3, -0.25) is 0 Å². The van der Waals surface area contributed by atoms with Gasteiger partial charge >= 0.3 is 5.97 Å². The molecule has 0 spiro atoms. The lowest BCUT2D eigenvalue weighted by Gasteiger charge is -2.09. The molecule has 0 unspecified atom stereocenters. The number of nitrogens with zero attached hydrogens (tertiary/aromatic N) is 1. The summed E-state index contributed by atoms with van der Waals surface area (Å²) < 4.78 is 5.82. The van der Waals surface area contributed by atoms with Gasteiger partial charge in [-0.2, -0.15) is 0 Å². The van der Waals surface area contributed by atoms with Crippen molar-refractivity contribution >= 4 is 44.6 Å². The molecule has 6 heteroatoms. The molecule has 2 aromatic carbocycles. The average molecular weight is 299 g/mol. The highest BCUT2D eigenvalue weighted by Gasteiger charge is 2.10. The number of rotatable bonds is 3. The van der Waals surface area contributed by atoms with Crippen molar-refractivity contribution in [3.05, 3.63) is 47.5 Å². The number of nitrogen functional groups attached to an aromatic ring is 1. The van der Waals surface area contributed by atoms with Crippen LogP contribution >= 0.6 is 11.3 Å². The van der Waals surface area contributed by atoms with E-state index in [1.54, 1.807) is 23.5 Å². The first-order valence-corrected chi connectivity index (χ1v) is 7.13. The van der Waals surface area contributed by atoms with Gasteiger partial charge in [0.05, 0.1) is 28.4 Å². The van der Waals surface area contributed by atoms with Crippen LogP contribution in [-0.2, 0) is 4.74 Å². The first kappa shape index (κ1) is 13.4. The lowest BCUT2D eigenvalue weighted by molar-refractivity contribution is 0.0602. The van der Waals surface area contributed by atoms with E-state index in [9.17, 15) is 4.79 Å². The second-order valence-corrected chi connectivity index (χ2v) is 5.34. The Kier molecular flexibility index (Phi) is 3.45. The van der Waals surface area contributed by atoms with Gasteiger partial charge in [-0.1, -0.05) is 0 Å². The molecule has 0 fully saturated rings. The molecular weight excluding hydrogens is 286 g/mol. The van der Waals surface area contributed by atoms with E-state index in [1.165, 1.54) is 7.11 Å². The second-order valence-electron chi connectivity index (χ2n) is 4.45. The molecule has 3 rings (SSSR count). The number of benzene rings is 2. The fourth-order valence-corrected chi connectivity index (χ4v) is 2.74. The van der Waals surface area contributed by atoms with E-state index in [0.717, 1.165) is 21.6 Å². The molecular formula is C15H13N3O2S. The molecule has 0 atom stereocenters. The fourth-order valence-electron chi connectivity index (χ4n) is 2.02.